The Bertz CT molecular complexity index is 1210. The lowest BCUT2D eigenvalue weighted by Gasteiger charge is -2.37. The van der Waals surface area contributed by atoms with Gasteiger partial charge in [0.15, 0.2) is 5.13 Å². The predicted molar refractivity (Wildman–Crippen MR) is 148 cm³/mol. The Morgan fingerprint density at radius 1 is 1.14 bits per heavy atom. The lowest BCUT2D eigenvalue weighted by atomic mass is 9.96. The molecule has 9 heteroatoms. The van der Waals surface area contributed by atoms with Crippen LogP contribution in [0.25, 0.3) is 11.3 Å². The number of methoxy groups -OCH3 is 1. The fourth-order valence-corrected chi connectivity index (χ4v) is 5.72. The van der Waals surface area contributed by atoms with Crippen molar-refractivity contribution in [3.8, 4) is 17.0 Å². The van der Waals surface area contributed by atoms with E-state index in [1.807, 2.05) is 77.6 Å². The number of ether oxygens (including phenoxy) is 2. The second-order valence-corrected chi connectivity index (χ2v) is 10.1. The summed E-state index contributed by atoms with van der Waals surface area (Å²) in [4.78, 5) is 34.8. The largest absolute Gasteiger partial charge is 0.497 e. The van der Waals surface area contributed by atoms with Crippen LogP contribution in [-0.4, -0.2) is 54.6 Å². The van der Waals surface area contributed by atoms with Crippen molar-refractivity contribution in [1.29, 1.82) is 0 Å². The molecule has 1 unspecified atom stereocenters. The maximum absolute atomic E-state index is 13.9. The SMILES string of the molecule is CCOC(=O)C1CCN(C(=O)C(CC)N(c2nc(-c3ccc(OC)cc3)cs2)c2ccccc2Cl)CC1. The zero-order valence-electron chi connectivity index (χ0n) is 21.4. The van der Waals surface area contributed by atoms with E-state index in [4.69, 9.17) is 26.1 Å². The van der Waals surface area contributed by atoms with Gasteiger partial charge in [-0.1, -0.05) is 30.7 Å². The number of hydrogen-bond acceptors (Lipinski definition) is 7. The van der Waals surface area contributed by atoms with E-state index in [-0.39, 0.29) is 17.8 Å². The maximum Gasteiger partial charge on any atom is 0.309 e. The smallest absolute Gasteiger partial charge is 0.309 e. The summed E-state index contributed by atoms with van der Waals surface area (Å²) in [5.74, 6) is 0.453. The Balaban J connectivity index is 1.62. The fourth-order valence-electron chi connectivity index (χ4n) is 4.59. The molecule has 1 amide bonds. The average molecular weight is 542 g/mol. The number of esters is 1. The second kappa shape index (κ2) is 12.4. The maximum atomic E-state index is 13.9. The highest BCUT2D eigenvalue weighted by atomic mass is 35.5. The zero-order chi connectivity index (χ0) is 26.4. The van der Waals surface area contributed by atoms with Gasteiger partial charge in [0.2, 0.25) is 5.91 Å². The van der Waals surface area contributed by atoms with Crippen LogP contribution in [0, 0.1) is 5.92 Å². The molecule has 1 aliphatic rings. The van der Waals surface area contributed by atoms with Crippen molar-refractivity contribution in [2.45, 2.75) is 39.2 Å². The summed E-state index contributed by atoms with van der Waals surface area (Å²) in [6, 6.07) is 14.8. The number of hydrogen-bond donors (Lipinski definition) is 0. The van der Waals surface area contributed by atoms with Gasteiger partial charge in [0, 0.05) is 24.0 Å². The van der Waals surface area contributed by atoms with Crippen molar-refractivity contribution < 1.29 is 19.1 Å². The lowest BCUT2D eigenvalue weighted by Crippen LogP contribution is -2.50. The van der Waals surface area contributed by atoms with Gasteiger partial charge in [0.05, 0.1) is 36.0 Å². The molecule has 1 aliphatic heterocycles. The van der Waals surface area contributed by atoms with E-state index in [9.17, 15) is 9.59 Å². The molecule has 2 aromatic carbocycles. The summed E-state index contributed by atoms with van der Waals surface area (Å²) in [7, 11) is 1.64. The van der Waals surface area contributed by atoms with Gasteiger partial charge >= 0.3 is 5.97 Å². The molecule has 0 N–H and O–H groups in total. The van der Waals surface area contributed by atoms with Crippen molar-refractivity contribution in [2.24, 2.45) is 5.92 Å². The fraction of sp³-hybridized carbons (Fsp3) is 0.393. The number of benzene rings is 2. The Kier molecular flexibility index (Phi) is 9.05. The predicted octanol–water partition coefficient (Wildman–Crippen LogP) is 6.19. The highest BCUT2D eigenvalue weighted by molar-refractivity contribution is 7.14. The Hall–Kier alpha value is -3.10. The van der Waals surface area contributed by atoms with Crippen molar-refractivity contribution in [1.82, 2.24) is 9.88 Å². The number of aromatic nitrogens is 1. The van der Waals surface area contributed by atoms with Crippen LogP contribution in [0.4, 0.5) is 10.8 Å². The molecule has 0 aliphatic carbocycles. The van der Waals surface area contributed by atoms with Crippen molar-refractivity contribution in [2.75, 3.05) is 31.7 Å². The van der Waals surface area contributed by atoms with Crippen LogP contribution in [0.5, 0.6) is 5.75 Å². The van der Waals surface area contributed by atoms with Crippen LogP contribution in [0.2, 0.25) is 5.02 Å². The number of nitrogens with zero attached hydrogens (tertiary/aromatic N) is 3. The van der Waals surface area contributed by atoms with E-state index in [0.29, 0.717) is 49.1 Å². The molecule has 1 fully saturated rings. The first-order valence-corrected chi connectivity index (χ1v) is 13.8. The van der Waals surface area contributed by atoms with E-state index in [0.717, 1.165) is 22.7 Å². The highest BCUT2D eigenvalue weighted by Crippen LogP contribution is 2.39. The Morgan fingerprint density at radius 3 is 2.46 bits per heavy atom. The summed E-state index contributed by atoms with van der Waals surface area (Å²) in [6.07, 6.45) is 1.78. The Morgan fingerprint density at radius 2 is 1.84 bits per heavy atom. The first-order valence-electron chi connectivity index (χ1n) is 12.6. The molecule has 1 atom stereocenters. The molecule has 37 heavy (non-hydrogen) atoms. The average Bonchev–Trinajstić information content (AvgIpc) is 3.42. The normalized spacial score (nSPS) is 14.8. The third-order valence-electron chi connectivity index (χ3n) is 6.61. The standard InChI is InChI=1S/C28H32ClN3O4S/c1-4-24(26(33)31-16-14-20(15-17-31)27(34)36-5-2)32(25-9-7-6-8-22(25)29)28-30-23(18-37-28)19-10-12-21(35-3)13-11-19/h6-13,18,20,24H,4-5,14-17H2,1-3H3. The van der Waals surface area contributed by atoms with Gasteiger partial charge in [-0.3, -0.25) is 9.59 Å². The molecule has 196 valence electrons. The van der Waals surface area contributed by atoms with E-state index in [1.165, 1.54) is 11.3 Å². The zero-order valence-corrected chi connectivity index (χ0v) is 22.9. The number of thiazole rings is 1. The minimum absolute atomic E-state index is 0.00549. The minimum Gasteiger partial charge on any atom is -0.497 e. The number of halogens is 1. The van der Waals surface area contributed by atoms with Crippen molar-refractivity contribution in [3.63, 3.8) is 0 Å². The van der Waals surface area contributed by atoms with Gasteiger partial charge in [0.25, 0.3) is 0 Å². The number of para-hydroxylation sites is 1. The van der Waals surface area contributed by atoms with E-state index in [1.54, 1.807) is 7.11 Å². The molecule has 0 spiro atoms. The summed E-state index contributed by atoms with van der Waals surface area (Å²) in [5.41, 5.74) is 2.52. The van der Waals surface area contributed by atoms with Gasteiger partial charge in [-0.25, -0.2) is 4.98 Å². The molecule has 1 aromatic heterocycles. The summed E-state index contributed by atoms with van der Waals surface area (Å²) >= 11 is 8.12. The molecule has 0 bridgehead atoms. The number of carbonyl (C=O) groups excluding carboxylic acids is 2. The molecular formula is C28H32ClN3O4S. The summed E-state index contributed by atoms with van der Waals surface area (Å²) < 4.78 is 10.5. The third-order valence-corrected chi connectivity index (χ3v) is 7.77. The molecule has 0 radical (unpaired) electrons. The second-order valence-electron chi connectivity index (χ2n) is 8.84. The number of likely N-dealkylation sites (tertiary alicyclic amines) is 1. The van der Waals surface area contributed by atoms with Crippen LogP contribution < -0.4 is 9.64 Å². The summed E-state index contributed by atoms with van der Waals surface area (Å²) in [6.45, 7) is 5.21. The molecule has 4 rings (SSSR count). The van der Waals surface area contributed by atoms with Crippen LogP contribution in [0.15, 0.2) is 53.9 Å². The van der Waals surface area contributed by atoms with Crippen molar-refractivity contribution in [3.05, 3.63) is 58.9 Å². The molecule has 3 aromatic rings. The topological polar surface area (TPSA) is 72.0 Å². The van der Waals surface area contributed by atoms with Gasteiger partial charge in [-0.2, -0.15) is 0 Å². The lowest BCUT2D eigenvalue weighted by molar-refractivity contribution is -0.151. The van der Waals surface area contributed by atoms with Crippen LogP contribution in [0.3, 0.4) is 0 Å². The van der Waals surface area contributed by atoms with Gasteiger partial charge in [0.1, 0.15) is 11.8 Å². The summed E-state index contributed by atoms with van der Waals surface area (Å²) in [5, 5.41) is 3.24. The monoisotopic (exact) mass is 541 g/mol. The van der Waals surface area contributed by atoms with Crippen molar-refractivity contribution >= 4 is 45.6 Å². The molecule has 1 saturated heterocycles. The van der Waals surface area contributed by atoms with Crippen LogP contribution in [0.1, 0.15) is 33.1 Å². The first-order chi connectivity index (χ1) is 18.0. The number of anilines is 2. The number of rotatable bonds is 9. The number of carbonyl (C=O) groups is 2. The number of piperidine rings is 1. The molecular weight excluding hydrogens is 510 g/mol. The van der Waals surface area contributed by atoms with Crippen LogP contribution >= 0.6 is 22.9 Å². The quantitative estimate of drug-likeness (QED) is 0.301. The third kappa shape index (κ3) is 6.08. The van der Waals surface area contributed by atoms with Gasteiger partial charge in [-0.05, 0) is 62.6 Å². The van der Waals surface area contributed by atoms with E-state index >= 15 is 0 Å². The van der Waals surface area contributed by atoms with Gasteiger partial charge < -0.3 is 19.3 Å². The van der Waals surface area contributed by atoms with Crippen LogP contribution in [-0.2, 0) is 14.3 Å². The van der Waals surface area contributed by atoms with E-state index in [2.05, 4.69) is 0 Å². The number of amides is 1. The van der Waals surface area contributed by atoms with E-state index < -0.39 is 6.04 Å². The highest BCUT2D eigenvalue weighted by Gasteiger charge is 2.35. The molecule has 7 nitrogen and oxygen atoms in total. The first kappa shape index (κ1) is 26.9. The molecule has 2 heterocycles. The molecule has 0 saturated carbocycles. The Labute approximate surface area is 227 Å². The van der Waals surface area contributed by atoms with Gasteiger partial charge in [-0.15, -0.1) is 11.3 Å². The minimum atomic E-state index is -0.492.